The van der Waals surface area contributed by atoms with E-state index in [4.69, 9.17) is 10.5 Å². The first kappa shape index (κ1) is 15.4. The smallest absolute Gasteiger partial charge is 0.205 e. The van der Waals surface area contributed by atoms with Crippen LogP contribution in [0.1, 0.15) is 43.7 Å². The van der Waals surface area contributed by atoms with Crippen LogP contribution in [0.25, 0.3) is 0 Å². The molecule has 0 unspecified atom stereocenters. The number of benzene rings is 1. The minimum Gasteiger partial charge on any atom is -0.444 e. The van der Waals surface area contributed by atoms with Crippen LogP contribution in [0.4, 0.5) is 0 Å². The summed E-state index contributed by atoms with van der Waals surface area (Å²) in [5, 5.41) is 9.54. The average molecular weight is 308 g/mol. The molecule has 0 aromatic heterocycles. The molecule has 1 atom stereocenters. The molecule has 1 aromatic carbocycles. The Hall–Kier alpha value is -2.54. The fourth-order valence-electron chi connectivity index (χ4n) is 3.47. The van der Waals surface area contributed by atoms with E-state index in [9.17, 15) is 10.1 Å². The van der Waals surface area contributed by atoms with E-state index < -0.39 is 5.92 Å². The number of aryl methyl sites for hydroxylation is 1. The van der Waals surface area contributed by atoms with E-state index in [2.05, 4.69) is 6.07 Å². The fourth-order valence-corrected chi connectivity index (χ4v) is 3.47. The summed E-state index contributed by atoms with van der Waals surface area (Å²) in [6.45, 7) is 6.07. The van der Waals surface area contributed by atoms with Gasteiger partial charge in [0.25, 0.3) is 0 Å². The van der Waals surface area contributed by atoms with Crippen molar-refractivity contribution in [2.75, 3.05) is 0 Å². The van der Waals surface area contributed by atoms with Crippen LogP contribution in [-0.4, -0.2) is 5.78 Å². The molecule has 4 nitrogen and oxygen atoms in total. The zero-order chi connectivity index (χ0) is 16.8. The predicted octanol–water partition coefficient (Wildman–Crippen LogP) is 3.45. The van der Waals surface area contributed by atoms with Crippen molar-refractivity contribution in [3.8, 4) is 6.07 Å². The molecule has 1 aliphatic heterocycles. The lowest BCUT2D eigenvalue weighted by atomic mass is 9.70. The normalized spacial score (nSPS) is 23.2. The lowest BCUT2D eigenvalue weighted by Gasteiger charge is -2.37. The zero-order valence-corrected chi connectivity index (χ0v) is 13.6. The Bertz CT molecular complexity index is 794. The Labute approximate surface area is 136 Å². The Morgan fingerprint density at radius 1 is 1.35 bits per heavy atom. The van der Waals surface area contributed by atoms with E-state index in [-0.39, 0.29) is 17.1 Å². The molecule has 2 aliphatic rings. The molecule has 1 aromatic rings. The van der Waals surface area contributed by atoms with Crippen LogP contribution in [0.15, 0.2) is 47.1 Å². The van der Waals surface area contributed by atoms with Crippen molar-refractivity contribution < 1.29 is 9.53 Å². The summed E-state index contributed by atoms with van der Waals surface area (Å²) in [5.41, 5.74) is 8.74. The minimum absolute atomic E-state index is 0.0445. The number of carbonyl (C=O) groups excluding carboxylic acids is 1. The number of carbonyl (C=O) groups is 1. The van der Waals surface area contributed by atoms with E-state index in [1.54, 1.807) is 0 Å². The molecular formula is C19H20N2O2. The molecule has 2 N–H and O–H groups in total. The van der Waals surface area contributed by atoms with Crippen molar-refractivity contribution in [3.05, 3.63) is 58.2 Å². The van der Waals surface area contributed by atoms with Crippen LogP contribution in [0.5, 0.6) is 0 Å². The highest BCUT2D eigenvalue weighted by atomic mass is 16.5. The van der Waals surface area contributed by atoms with Crippen molar-refractivity contribution in [3.63, 3.8) is 0 Å². The summed E-state index contributed by atoms with van der Waals surface area (Å²) >= 11 is 0. The SMILES string of the molecule is Cc1cccc([C@@H]2C(C#N)=C(N)OC3=C2C(=O)CC(C)(C)C3)c1. The first-order valence-corrected chi connectivity index (χ1v) is 7.73. The standard InChI is InChI=1S/C19H20N2O2/c1-11-5-4-6-12(7-11)16-13(10-20)18(21)23-15-9-19(2,3)8-14(22)17(15)16/h4-7,16H,8-9,21H2,1-3H3/t16-/m1/s1. The summed E-state index contributed by atoms with van der Waals surface area (Å²) in [6, 6.07) is 10.00. The van der Waals surface area contributed by atoms with Crippen LogP contribution in [0.2, 0.25) is 0 Å². The topological polar surface area (TPSA) is 76.1 Å². The molecule has 0 amide bonds. The quantitative estimate of drug-likeness (QED) is 0.862. The summed E-state index contributed by atoms with van der Waals surface area (Å²) in [6.07, 6.45) is 1.10. The van der Waals surface area contributed by atoms with Gasteiger partial charge in [0, 0.05) is 18.4 Å². The Kier molecular flexibility index (Phi) is 3.52. The lowest BCUT2D eigenvalue weighted by Crippen LogP contribution is -2.33. The van der Waals surface area contributed by atoms with E-state index in [1.807, 2.05) is 45.0 Å². The molecule has 4 heteroatoms. The van der Waals surface area contributed by atoms with Gasteiger partial charge in [-0.3, -0.25) is 4.79 Å². The number of nitrogens with two attached hydrogens (primary N) is 1. The number of nitriles is 1. The first-order chi connectivity index (χ1) is 10.8. The number of ether oxygens (including phenoxy) is 1. The van der Waals surface area contributed by atoms with E-state index in [1.165, 1.54) is 0 Å². The fraction of sp³-hybridized carbons (Fsp3) is 0.368. The number of hydrogen-bond acceptors (Lipinski definition) is 4. The molecule has 0 radical (unpaired) electrons. The molecule has 0 bridgehead atoms. The number of Topliss-reactive ketones (excluding diaryl/α,β-unsaturated/α-hetero) is 1. The maximum Gasteiger partial charge on any atom is 0.205 e. The highest BCUT2D eigenvalue weighted by Gasteiger charge is 2.42. The Morgan fingerprint density at radius 3 is 2.74 bits per heavy atom. The second-order valence-electron chi connectivity index (χ2n) is 7.12. The summed E-state index contributed by atoms with van der Waals surface area (Å²) in [5.74, 6) is 0.354. The molecule has 1 heterocycles. The maximum atomic E-state index is 12.8. The van der Waals surface area contributed by atoms with E-state index in [0.29, 0.717) is 29.7 Å². The highest BCUT2D eigenvalue weighted by molar-refractivity contribution is 6.00. The molecular weight excluding hydrogens is 288 g/mol. The molecule has 0 spiro atoms. The molecule has 0 fully saturated rings. The second-order valence-corrected chi connectivity index (χ2v) is 7.12. The molecule has 118 valence electrons. The summed E-state index contributed by atoms with van der Waals surface area (Å²) < 4.78 is 5.68. The molecule has 1 aliphatic carbocycles. The average Bonchev–Trinajstić information content (AvgIpc) is 2.44. The van der Waals surface area contributed by atoms with Gasteiger partial charge < -0.3 is 10.5 Å². The second kappa shape index (κ2) is 5.27. The third-order valence-corrected chi connectivity index (χ3v) is 4.45. The van der Waals surface area contributed by atoms with Crippen molar-refractivity contribution in [1.29, 1.82) is 5.26 Å². The molecule has 0 saturated heterocycles. The number of rotatable bonds is 1. The maximum absolute atomic E-state index is 12.8. The van der Waals surface area contributed by atoms with E-state index >= 15 is 0 Å². The van der Waals surface area contributed by atoms with Crippen LogP contribution < -0.4 is 5.73 Å². The number of hydrogen-bond donors (Lipinski definition) is 1. The molecule has 23 heavy (non-hydrogen) atoms. The Morgan fingerprint density at radius 2 is 2.09 bits per heavy atom. The highest BCUT2D eigenvalue weighted by Crippen LogP contribution is 2.47. The largest absolute Gasteiger partial charge is 0.444 e. The summed E-state index contributed by atoms with van der Waals surface area (Å²) in [4.78, 5) is 12.8. The predicted molar refractivity (Wildman–Crippen MR) is 86.9 cm³/mol. The molecule has 3 rings (SSSR count). The number of nitrogens with zero attached hydrogens (tertiary/aromatic N) is 1. The van der Waals surface area contributed by atoms with Gasteiger partial charge in [0.05, 0.1) is 5.92 Å². The van der Waals surface area contributed by atoms with Gasteiger partial charge in [-0.2, -0.15) is 5.26 Å². The van der Waals surface area contributed by atoms with Gasteiger partial charge in [0.2, 0.25) is 5.88 Å². The van der Waals surface area contributed by atoms with Crippen LogP contribution in [-0.2, 0) is 9.53 Å². The lowest BCUT2D eigenvalue weighted by molar-refractivity contribution is -0.119. The number of ketones is 1. The number of allylic oxidation sites excluding steroid dienone is 3. The third kappa shape index (κ3) is 2.63. The zero-order valence-electron chi connectivity index (χ0n) is 13.6. The Balaban J connectivity index is 2.19. The van der Waals surface area contributed by atoms with Crippen LogP contribution in [0, 0.1) is 23.7 Å². The van der Waals surface area contributed by atoms with Crippen LogP contribution in [0.3, 0.4) is 0 Å². The van der Waals surface area contributed by atoms with Gasteiger partial charge in [0.1, 0.15) is 17.4 Å². The van der Waals surface area contributed by atoms with Gasteiger partial charge >= 0.3 is 0 Å². The van der Waals surface area contributed by atoms with Gasteiger partial charge in [-0.1, -0.05) is 43.7 Å². The summed E-state index contributed by atoms with van der Waals surface area (Å²) in [7, 11) is 0. The van der Waals surface area contributed by atoms with Crippen molar-refractivity contribution in [1.82, 2.24) is 0 Å². The first-order valence-electron chi connectivity index (χ1n) is 7.73. The third-order valence-electron chi connectivity index (χ3n) is 4.45. The van der Waals surface area contributed by atoms with Crippen molar-refractivity contribution in [2.24, 2.45) is 11.1 Å². The van der Waals surface area contributed by atoms with Gasteiger partial charge in [-0.15, -0.1) is 0 Å². The van der Waals surface area contributed by atoms with Gasteiger partial charge in [0.15, 0.2) is 5.78 Å². The van der Waals surface area contributed by atoms with Gasteiger partial charge in [-0.25, -0.2) is 0 Å². The van der Waals surface area contributed by atoms with Gasteiger partial charge in [-0.05, 0) is 17.9 Å². The van der Waals surface area contributed by atoms with Crippen LogP contribution >= 0.6 is 0 Å². The monoisotopic (exact) mass is 308 g/mol. The minimum atomic E-state index is -0.424. The molecule has 0 saturated carbocycles. The van der Waals surface area contributed by atoms with Crippen molar-refractivity contribution >= 4 is 5.78 Å². The van der Waals surface area contributed by atoms with Crippen molar-refractivity contribution in [2.45, 2.75) is 39.5 Å². The van der Waals surface area contributed by atoms with E-state index in [0.717, 1.165) is 11.1 Å².